The Morgan fingerprint density at radius 2 is 1.45 bits per heavy atom. The van der Waals surface area contributed by atoms with Crippen LogP contribution < -0.4 is 0 Å². The quantitative estimate of drug-likeness (QED) is 0.597. The third-order valence-corrected chi connectivity index (χ3v) is 3.12. The molecule has 7 nitrogen and oxygen atoms in total. The minimum atomic E-state index is -1.64. The van der Waals surface area contributed by atoms with Gasteiger partial charge in [0, 0.05) is 6.54 Å². The number of rotatable bonds is 5. The number of amides is 2. The van der Waals surface area contributed by atoms with Crippen molar-refractivity contribution in [1.29, 1.82) is 0 Å². The number of carbonyl (C=O) groups is 4. The lowest BCUT2D eigenvalue weighted by atomic mass is 10.1. The number of hydrogen-bond donors (Lipinski definition) is 2. The summed E-state index contributed by atoms with van der Waals surface area (Å²) in [5.74, 6) is -5.68. The Kier molecular flexibility index (Phi) is 3.51. The molecule has 1 aliphatic rings. The average molecular weight is 277 g/mol. The van der Waals surface area contributed by atoms with Crippen molar-refractivity contribution in [1.82, 2.24) is 4.90 Å². The molecule has 1 heterocycles. The number of nitrogens with zero attached hydrogens (tertiary/aromatic N) is 1. The molecule has 0 aromatic heterocycles. The second-order valence-electron chi connectivity index (χ2n) is 4.33. The predicted molar refractivity (Wildman–Crippen MR) is 65.2 cm³/mol. The fourth-order valence-electron chi connectivity index (χ4n) is 2.05. The van der Waals surface area contributed by atoms with Gasteiger partial charge in [0.15, 0.2) is 5.92 Å². The Bertz CT molecular complexity index is 560. The standard InChI is InChI=1S/C13H11NO6/c15-10-7-3-1-2-4-8(7)11(16)14(10)6-5-9(12(17)18)13(19)20/h1-4,9H,5-6H2,(H,17,18)(H,19,20). The summed E-state index contributed by atoms with van der Waals surface area (Å²) in [6.07, 6.45) is -0.323. The van der Waals surface area contributed by atoms with Crippen molar-refractivity contribution in [3.05, 3.63) is 35.4 Å². The Hall–Kier alpha value is -2.70. The molecular formula is C13H11NO6. The molecule has 2 amide bonds. The molecule has 0 radical (unpaired) electrons. The third-order valence-electron chi connectivity index (χ3n) is 3.12. The van der Waals surface area contributed by atoms with Gasteiger partial charge < -0.3 is 10.2 Å². The SMILES string of the molecule is O=C(O)C(CCN1C(=O)c2ccccc2C1=O)C(=O)O. The van der Waals surface area contributed by atoms with Crippen LogP contribution >= 0.6 is 0 Å². The summed E-state index contributed by atoms with van der Waals surface area (Å²) in [6, 6.07) is 6.23. The van der Waals surface area contributed by atoms with E-state index in [0.717, 1.165) is 4.90 Å². The highest BCUT2D eigenvalue weighted by Gasteiger charge is 2.36. The van der Waals surface area contributed by atoms with Gasteiger partial charge in [-0.3, -0.25) is 24.1 Å². The van der Waals surface area contributed by atoms with Crippen LogP contribution in [0.3, 0.4) is 0 Å². The fraction of sp³-hybridized carbons (Fsp3) is 0.231. The normalized spacial score (nSPS) is 13.8. The van der Waals surface area contributed by atoms with Crippen LogP contribution in [0.2, 0.25) is 0 Å². The van der Waals surface area contributed by atoms with Crippen molar-refractivity contribution in [2.45, 2.75) is 6.42 Å². The monoisotopic (exact) mass is 277 g/mol. The van der Waals surface area contributed by atoms with Crippen LogP contribution in [0.5, 0.6) is 0 Å². The first kappa shape index (κ1) is 13.7. The molecule has 20 heavy (non-hydrogen) atoms. The molecule has 1 aromatic rings. The second-order valence-corrected chi connectivity index (χ2v) is 4.33. The van der Waals surface area contributed by atoms with Gasteiger partial charge in [-0.05, 0) is 18.6 Å². The first-order valence-corrected chi connectivity index (χ1v) is 5.84. The molecule has 0 bridgehead atoms. The lowest BCUT2D eigenvalue weighted by Crippen LogP contribution is -2.34. The van der Waals surface area contributed by atoms with E-state index in [2.05, 4.69) is 0 Å². The van der Waals surface area contributed by atoms with Gasteiger partial charge in [0.2, 0.25) is 0 Å². The number of imide groups is 1. The van der Waals surface area contributed by atoms with E-state index in [9.17, 15) is 19.2 Å². The van der Waals surface area contributed by atoms with Gasteiger partial charge in [0.05, 0.1) is 11.1 Å². The molecule has 0 spiro atoms. The van der Waals surface area contributed by atoms with Gasteiger partial charge in [0.1, 0.15) is 0 Å². The number of carbonyl (C=O) groups excluding carboxylic acids is 2. The molecule has 0 atom stereocenters. The van der Waals surface area contributed by atoms with Crippen LogP contribution in [-0.4, -0.2) is 45.4 Å². The molecule has 1 aromatic carbocycles. The maximum atomic E-state index is 12.0. The third kappa shape index (κ3) is 2.25. The van der Waals surface area contributed by atoms with E-state index in [1.807, 2.05) is 0 Å². The maximum absolute atomic E-state index is 12.0. The summed E-state index contributed by atoms with van der Waals surface area (Å²) in [7, 11) is 0. The molecule has 0 unspecified atom stereocenters. The van der Waals surface area contributed by atoms with E-state index < -0.39 is 29.7 Å². The van der Waals surface area contributed by atoms with E-state index >= 15 is 0 Å². The van der Waals surface area contributed by atoms with Crippen LogP contribution in [0.1, 0.15) is 27.1 Å². The van der Waals surface area contributed by atoms with Gasteiger partial charge in [0.25, 0.3) is 11.8 Å². The largest absolute Gasteiger partial charge is 0.481 e. The molecular weight excluding hydrogens is 266 g/mol. The van der Waals surface area contributed by atoms with Crippen molar-refractivity contribution >= 4 is 23.8 Å². The topological polar surface area (TPSA) is 112 Å². The molecule has 2 rings (SSSR count). The Morgan fingerprint density at radius 3 is 1.85 bits per heavy atom. The number of carboxylic acids is 2. The van der Waals surface area contributed by atoms with Crippen LogP contribution in [0.15, 0.2) is 24.3 Å². The van der Waals surface area contributed by atoms with E-state index in [0.29, 0.717) is 0 Å². The number of aliphatic carboxylic acids is 2. The number of hydrogen-bond acceptors (Lipinski definition) is 4. The van der Waals surface area contributed by atoms with Gasteiger partial charge >= 0.3 is 11.9 Å². The van der Waals surface area contributed by atoms with Crippen molar-refractivity contribution in [3.63, 3.8) is 0 Å². The molecule has 0 saturated carbocycles. The lowest BCUT2D eigenvalue weighted by Gasteiger charge is -2.15. The Morgan fingerprint density at radius 1 is 1.00 bits per heavy atom. The maximum Gasteiger partial charge on any atom is 0.317 e. The van der Waals surface area contributed by atoms with Gasteiger partial charge in [-0.15, -0.1) is 0 Å². The van der Waals surface area contributed by atoms with E-state index in [1.54, 1.807) is 12.1 Å². The van der Waals surface area contributed by atoms with E-state index in [-0.39, 0.29) is 24.1 Å². The highest BCUT2D eigenvalue weighted by atomic mass is 16.4. The Balaban J connectivity index is 2.13. The molecule has 0 fully saturated rings. The number of fused-ring (bicyclic) bond motifs is 1. The van der Waals surface area contributed by atoms with Crippen molar-refractivity contribution in [3.8, 4) is 0 Å². The molecule has 2 N–H and O–H groups in total. The minimum Gasteiger partial charge on any atom is -0.481 e. The second kappa shape index (κ2) is 5.12. The van der Waals surface area contributed by atoms with Crippen molar-refractivity contribution in [2.24, 2.45) is 5.92 Å². The fourth-order valence-corrected chi connectivity index (χ4v) is 2.05. The number of benzene rings is 1. The lowest BCUT2D eigenvalue weighted by molar-refractivity contribution is -0.154. The highest BCUT2D eigenvalue weighted by molar-refractivity contribution is 6.21. The molecule has 104 valence electrons. The van der Waals surface area contributed by atoms with Crippen LogP contribution in [0, 0.1) is 5.92 Å². The smallest absolute Gasteiger partial charge is 0.317 e. The summed E-state index contributed by atoms with van der Waals surface area (Å²) >= 11 is 0. The predicted octanol–water partition coefficient (Wildman–Crippen LogP) is 0.458. The molecule has 1 aliphatic heterocycles. The number of carboxylic acid groups (broad SMARTS) is 2. The summed E-state index contributed by atoms with van der Waals surface area (Å²) in [5, 5.41) is 17.5. The van der Waals surface area contributed by atoms with Gasteiger partial charge in [-0.2, -0.15) is 0 Å². The minimum absolute atomic E-state index is 0.240. The Labute approximate surface area is 113 Å². The first-order valence-electron chi connectivity index (χ1n) is 5.84. The van der Waals surface area contributed by atoms with Crippen LogP contribution in [0.25, 0.3) is 0 Å². The zero-order valence-electron chi connectivity index (χ0n) is 10.3. The summed E-state index contributed by atoms with van der Waals surface area (Å²) in [4.78, 5) is 46.3. The van der Waals surface area contributed by atoms with Gasteiger partial charge in [-0.25, -0.2) is 0 Å². The van der Waals surface area contributed by atoms with Crippen molar-refractivity contribution < 1.29 is 29.4 Å². The first-order chi connectivity index (χ1) is 9.43. The van der Waals surface area contributed by atoms with E-state index in [1.165, 1.54) is 12.1 Å². The molecule has 7 heteroatoms. The van der Waals surface area contributed by atoms with Crippen molar-refractivity contribution in [2.75, 3.05) is 6.54 Å². The zero-order valence-corrected chi connectivity index (χ0v) is 10.3. The van der Waals surface area contributed by atoms with E-state index in [4.69, 9.17) is 10.2 Å². The van der Waals surface area contributed by atoms with Crippen LogP contribution in [0.4, 0.5) is 0 Å². The van der Waals surface area contributed by atoms with Gasteiger partial charge in [-0.1, -0.05) is 12.1 Å². The zero-order chi connectivity index (χ0) is 14.9. The molecule has 0 aliphatic carbocycles. The molecule has 0 saturated heterocycles. The summed E-state index contributed by atoms with van der Waals surface area (Å²) in [5.41, 5.74) is 0.499. The highest BCUT2D eigenvalue weighted by Crippen LogP contribution is 2.23. The summed E-state index contributed by atoms with van der Waals surface area (Å²) in [6.45, 7) is -0.240. The average Bonchev–Trinajstić information content (AvgIpc) is 2.63. The summed E-state index contributed by atoms with van der Waals surface area (Å²) < 4.78 is 0. The van der Waals surface area contributed by atoms with Crippen LogP contribution in [-0.2, 0) is 9.59 Å².